The molecule has 0 fully saturated rings. The van der Waals surface area contributed by atoms with Crippen LogP contribution in [0.1, 0.15) is 5.76 Å². The van der Waals surface area contributed by atoms with E-state index in [1.807, 2.05) is 6.07 Å². The first-order chi connectivity index (χ1) is 7.83. The quantitative estimate of drug-likeness (QED) is 0.600. The van der Waals surface area contributed by atoms with Gasteiger partial charge in [-0.1, -0.05) is 0 Å². The Bertz CT molecular complexity index is 250. The van der Waals surface area contributed by atoms with Gasteiger partial charge in [0.1, 0.15) is 12.4 Å². The Hall–Kier alpha value is -0.880. The molecule has 0 spiro atoms. The molecule has 0 unspecified atom stereocenters. The molecule has 0 aliphatic carbocycles. The second-order valence-corrected chi connectivity index (χ2v) is 3.45. The summed E-state index contributed by atoms with van der Waals surface area (Å²) in [5.41, 5.74) is 0. The van der Waals surface area contributed by atoms with Crippen LogP contribution in [0, 0.1) is 0 Å². The van der Waals surface area contributed by atoms with Gasteiger partial charge in [0.25, 0.3) is 0 Å². The maximum Gasteiger partial charge on any atom is 0.129 e. The third-order valence-corrected chi connectivity index (χ3v) is 2.00. The highest BCUT2D eigenvalue weighted by molar-refractivity contribution is 4.96. The van der Waals surface area contributed by atoms with Crippen molar-refractivity contribution in [2.75, 3.05) is 33.4 Å². The number of hydrogen-bond acceptors (Lipinski definition) is 5. The lowest BCUT2D eigenvalue weighted by Gasteiger charge is -2.11. The Labute approximate surface area is 95.4 Å². The van der Waals surface area contributed by atoms with Gasteiger partial charge in [-0.2, -0.15) is 0 Å². The predicted octanol–water partition coefficient (Wildman–Crippen LogP) is 0.393. The fraction of sp³-hybridized carbons (Fsp3) is 0.636. The molecular weight excluding hydrogens is 210 g/mol. The molecule has 2 N–H and O–H groups in total. The lowest BCUT2D eigenvalue weighted by molar-refractivity contribution is 0.0221. The number of furan rings is 1. The van der Waals surface area contributed by atoms with Crippen molar-refractivity contribution in [2.24, 2.45) is 0 Å². The second-order valence-electron chi connectivity index (χ2n) is 3.45. The van der Waals surface area contributed by atoms with Crippen LogP contribution in [0.3, 0.4) is 0 Å². The zero-order valence-corrected chi connectivity index (χ0v) is 9.52. The first-order valence-corrected chi connectivity index (χ1v) is 5.30. The minimum absolute atomic E-state index is 0.292. The molecule has 16 heavy (non-hydrogen) atoms. The van der Waals surface area contributed by atoms with E-state index >= 15 is 0 Å². The first kappa shape index (κ1) is 13.2. The summed E-state index contributed by atoms with van der Waals surface area (Å²) >= 11 is 0. The zero-order valence-electron chi connectivity index (χ0n) is 9.52. The lowest BCUT2D eigenvalue weighted by atomic mass is 10.4. The van der Waals surface area contributed by atoms with E-state index in [-0.39, 0.29) is 0 Å². The SMILES string of the molecule is COCCNC[C@@H](O)COCc1ccco1. The van der Waals surface area contributed by atoms with Gasteiger partial charge in [0.15, 0.2) is 0 Å². The van der Waals surface area contributed by atoms with E-state index in [0.717, 1.165) is 12.3 Å². The van der Waals surface area contributed by atoms with E-state index in [1.165, 1.54) is 0 Å². The van der Waals surface area contributed by atoms with Crippen molar-refractivity contribution in [3.8, 4) is 0 Å². The van der Waals surface area contributed by atoms with Gasteiger partial charge in [0, 0.05) is 20.2 Å². The Morgan fingerprint density at radius 3 is 3.12 bits per heavy atom. The first-order valence-electron chi connectivity index (χ1n) is 5.30. The fourth-order valence-electron chi connectivity index (χ4n) is 1.19. The number of rotatable bonds is 9. The number of methoxy groups -OCH3 is 1. The standard InChI is InChI=1S/C11H19NO4/c1-14-6-4-12-7-10(13)8-15-9-11-3-2-5-16-11/h2-3,5,10,12-13H,4,6-9H2,1H3/t10-/m1/s1. The largest absolute Gasteiger partial charge is 0.467 e. The average molecular weight is 229 g/mol. The molecule has 0 saturated heterocycles. The molecule has 92 valence electrons. The smallest absolute Gasteiger partial charge is 0.129 e. The molecule has 0 aromatic carbocycles. The monoisotopic (exact) mass is 229 g/mol. The summed E-state index contributed by atoms with van der Waals surface area (Å²) in [5, 5.41) is 12.6. The molecule has 0 aliphatic rings. The summed E-state index contributed by atoms with van der Waals surface area (Å²) in [5.74, 6) is 0.763. The van der Waals surface area contributed by atoms with Crippen molar-refractivity contribution < 1.29 is 19.0 Å². The van der Waals surface area contributed by atoms with Gasteiger partial charge < -0.3 is 24.3 Å². The lowest BCUT2D eigenvalue weighted by Crippen LogP contribution is -2.32. The van der Waals surface area contributed by atoms with Crippen molar-refractivity contribution in [2.45, 2.75) is 12.7 Å². The predicted molar refractivity (Wildman–Crippen MR) is 59.1 cm³/mol. The zero-order chi connectivity index (χ0) is 11.6. The van der Waals surface area contributed by atoms with Crippen molar-refractivity contribution in [3.63, 3.8) is 0 Å². The highest BCUT2D eigenvalue weighted by Gasteiger charge is 2.04. The maximum atomic E-state index is 9.52. The summed E-state index contributed by atoms with van der Waals surface area (Å²) in [4.78, 5) is 0. The molecule has 0 radical (unpaired) electrons. The Morgan fingerprint density at radius 1 is 1.56 bits per heavy atom. The molecule has 0 bridgehead atoms. The van der Waals surface area contributed by atoms with Gasteiger partial charge in [0.2, 0.25) is 0 Å². The third kappa shape index (κ3) is 5.87. The Kier molecular flexibility index (Phi) is 6.83. The highest BCUT2D eigenvalue weighted by Crippen LogP contribution is 2.01. The van der Waals surface area contributed by atoms with Gasteiger partial charge in [-0.3, -0.25) is 0 Å². The average Bonchev–Trinajstić information content (AvgIpc) is 2.77. The van der Waals surface area contributed by atoms with Crippen molar-refractivity contribution in [3.05, 3.63) is 24.2 Å². The number of aliphatic hydroxyl groups is 1. The van der Waals surface area contributed by atoms with Crippen LogP contribution >= 0.6 is 0 Å². The van der Waals surface area contributed by atoms with Crippen molar-refractivity contribution in [1.82, 2.24) is 5.32 Å². The van der Waals surface area contributed by atoms with Gasteiger partial charge in [0.05, 0.1) is 25.6 Å². The van der Waals surface area contributed by atoms with Gasteiger partial charge in [-0.25, -0.2) is 0 Å². The molecule has 1 atom stereocenters. The molecule has 1 aromatic heterocycles. The Morgan fingerprint density at radius 2 is 2.44 bits per heavy atom. The van der Waals surface area contributed by atoms with Crippen LogP contribution in [0.25, 0.3) is 0 Å². The second kappa shape index (κ2) is 8.29. The van der Waals surface area contributed by atoms with Crippen molar-refractivity contribution in [1.29, 1.82) is 0 Å². The molecule has 1 aromatic rings. The molecule has 1 rings (SSSR count). The topological polar surface area (TPSA) is 63.9 Å². The van der Waals surface area contributed by atoms with Crippen molar-refractivity contribution >= 4 is 0 Å². The summed E-state index contributed by atoms with van der Waals surface area (Å²) in [6.07, 6.45) is 1.09. The van der Waals surface area contributed by atoms with Crippen LogP contribution in [0.4, 0.5) is 0 Å². The van der Waals surface area contributed by atoms with E-state index in [4.69, 9.17) is 13.9 Å². The minimum atomic E-state index is -0.508. The van der Waals surface area contributed by atoms with Crippen LogP contribution in [-0.4, -0.2) is 44.6 Å². The number of hydrogen-bond donors (Lipinski definition) is 2. The van der Waals surface area contributed by atoms with E-state index in [1.54, 1.807) is 19.4 Å². The Balaban J connectivity index is 1.95. The van der Waals surface area contributed by atoms with Gasteiger partial charge in [-0.15, -0.1) is 0 Å². The maximum absolute atomic E-state index is 9.52. The fourth-order valence-corrected chi connectivity index (χ4v) is 1.19. The molecule has 5 heteroatoms. The summed E-state index contributed by atoms with van der Waals surface area (Å²) in [6, 6.07) is 3.64. The number of ether oxygens (including phenoxy) is 2. The van der Waals surface area contributed by atoms with Gasteiger partial charge >= 0.3 is 0 Å². The molecule has 0 amide bonds. The van der Waals surface area contributed by atoms with Crippen LogP contribution in [0.15, 0.2) is 22.8 Å². The highest BCUT2D eigenvalue weighted by atomic mass is 16.5. The molecule has 0 saturated carbocycles. The van der Waals surface area contributed by atoms with E-state index < -0.39 is 6.10 Å². The normalized spacial score (nSPS) is 12.9. The van der Waals surface area contributed by atoms with E-state index in [9.17, 15) is 5.11 Å². The summed E-state index contributed by atoms with van der Waals surface area (Å²) in [7, 11) is 1.64. The van der Waals surface area contributed by atoms with Crippen LogP contribution in [-0.2, 0) is 16.1 Å². The summed E-state index contributed by atoms with van der Waals surface area (Å²) in [6.45, 7) is 2.55. The molecule has 1 heterocycles. The number of aliphatic hydroxyl groups excluding tert-OH is 1. The van der Waals surface area contributed by atoms with Gasteiger partial charge in [-0.05, 0) is 12.1 Å². The van der Waals surface area contributed by atoms with Crippen LogP contribution < -0.4 is 5.32 Å². The van der Waals surface area contributed by atoms with Crippen LogP contribution in [0.2, 0.25) is 0 Å². The van der Waals surface area contributed by atoms with Crippen LogP contribution in [0.5, 0.6) is 0 Å². The van der Waals surface area contributed by atoms with E-state index in [0.29, 0.717) is 26.4 Å². The number of nitrogens with one attached hydrogen (secondary N) is 1. The third-order valence-electron chi connectivity index (χ3n) is 2.00. The minimum Gasteiger partial charge on any atom is -0.467 e. The molecule has 0 aliphatic heterocycles. The molecular formula is C11H19NO4. The summed E-state index contributed by atoms with van der Waals surface area (Å²) < 4.78 is 15.2. The van der Waals surface area contributed by atoms with E-state index in [2.05, 4.69) is 5.32 Å². The molecule has 5 nitrogen and oxygen atoms in total.